The number of hydrogen-bond donors (Lipinski definition) is 0. The first-order chi connectivity index (χ1) is 9.67. The molecule has 4 heteroatoms. The Balaban J connectivity index is 1.81. The number of carbonyl (C=O) groups is 2. The summed E-state index contributed by atoms with van der Waals surface area (Å²) in [6.45, 7) is 0. The number of carbonyl (C=O) groups excluding carboxylic acids is 2. The molecule has 0 spiro atoms. The number of methoxy groups -OCH3 is 2. The van der Waals surface area contributed by atoms with Crippen molar-refractivity contribution in [1.29, 1.82) is 0 Å². The Bertz CT molecular complexity index is 467. The molecule has 0 saturated heterocycles. The largest absolute Gasteiger partial charge is 0.469 e. The fourth-order valence-electron chi connectivity index (χ4n) is 8.30. The molecule has 0 unspecified atom stereocenters. The van der Waals surface area contributed by atoms with E-state index in [9.17, 15) is 9.59 Å². The first-order valence-electron chi connectivity index (χ1n) is 7.84. The molecule has 6 fully saturated rings. The van der Waals surface area contributed by atoms with E-state index < -0.39 is 10.8 Å². The molecule has 4 atom stereocenters. The summed E-state index contributed by atoms with van der Waals surface area (Å²) in [5.41, 5.74) is -1.06. The van der Waals surface area contributed by atoms with Gasteiger partial charge in [0.15, 0.2) is 0 Å². The first-order valence-corrected chi connectivity index (χ1v) is 7.84. The van der Waals surface area contributed by atoms with Gasteiger partial charge < -0.3 is 9.47 Å². The van der Waals surface area contributed by atoms with Crippen molar-refractivity contribution in [2.24, 2.45) is 46.3 Å². The van der Waals surface area contributed by atoms with Gasteiger partial charge >= 0.3 is 11.9 Å². The van der Waals surface area contributed by atoms with Gasteiger partial charge in [-0.05, 0) is 61.2 Å². The van der Waals surface area contributed by atoms with Crippen molar-refractivity contribution < 1.29 is 19.1 Å². The normalized spacial score (nSPS) is 59.5. The molecule has 6 aliphatic carbocycles. The predicted octanol–water partition coefficient (Wildman–Crippen LogP) is 1.63. The van der Waals surface area contributed by atoms with Crippen LogP contribution >= 0.6 is 0 Å². The molecule has 6 saturated carbocycles. The third-order valence-electron chi connectivity index (χ3n) is 7.95. The molecule has 108 valence electrons. The smallest absolute Gasteiger partial charge is 0.313 e. The van der Waals surface area contributed by atoms with Crippen LogP contribution in [0.1, 0.15) is 25.7 Å². The second-order valence-corrected chi connectivity index (χ2v) is 7.46. The summed E-state index contributed by atoms with van der Waals surface area (Å²) in [7, 11) is 2.96. The molecule has 0 aromatic heterocycles. The van der Waals surface area contributed by atoms with E-state index in [0.29, 0.717) is 35.5 Å². The van der Waals surface area contributed by atoms with Crippen molar-refractivity contribution in [3.05, 3.63) is 0 Å². The molecule has 0 aromatic carbocycles. The summed E-state index contributed by atoms with van der Waals surface area (Å²) in [4.78, 5) is 25.6. The van der Waals surface area contributed by atoms with Gasteiger partial charge in [-0.15, -0.1) is 0 Å². The van der Waals surface area contributed by atoms with Crippen molar-refractivity contribution in [3.63, 3.8) is 0 Å². The standard InChI is InChI=1S/C16H20O4/c1-19-13(17)15-7-3-5-9-11(7)12-8(15)4-6-10(12)16(9,15)14(18)20-2/h7-12H,3-6H2,1-2H3/t7-,8-,9-,10-,11?,12?,15?,16?/m0/s1. The van der Waals surface area contributed by atoms with Gasteiger partial charge in [-0.3, -0.25) is 9.59 Å². The van der Waals surface area contributed by atoms with E-state index in [1.165, 1.54) is 14.2 Å². The molecule has 0 aliphatic heterocycles. The van der Waals surface area contributed by atoms with Gasteiger partial charge in [0.1, 0.15) is 0 Å². The quantitative estimate of drug-likeness (QED) is 0.719. The Morgan fingerprint density at radius 3 is 1.30 bits per heavy atom. The minimum absolute atomic E-state index is 0.116. The summed E-state index contributed by atoms with van der Waals surface area (Å²) in [6.07, 6.45) is 4.40. The number of ether oxygens (including phenoxy) is 2. The third kappa shape index (κ3) is 0.709. The van der Waals surface area contributed by atoms with E-state index in [-0.39, 0.29) is 11.9 Å². The lowest BCUT2D eigenvalue weighted by Gasteiger charge is -2.51. The Hall–Kier alpha value is -1.06. The first kappa shape index (κ1) is 11.6. The Labute approximate surface area is 118 Å². The monoisotopic (exact) mass is 276 g/mol. The van der Waals surface area contributed by atoms with Gasteiger partial charge in [0, 0.05) is 0 Å². The van der Waals surface area contributed by atoms with Crippen LogP contribution in [0.15, 0.2) is 0 Å². The average Bonchev–Trinajstić information content (AvgIpc) is 3.23. The van der Waals surface area contributed by atoms with Crippen molar-refractivity contribution in [1.82, 2.24) is 0 Å². The third-order valence-corrected chi connectivity index (χ3v) is 7.95. The molecular formula is C16H20O4. The van der Waals surface area contributed by atoms with Crippen LogP contribution in [0, 0.1) is 46.3 Å². The number of esters is 2. The lowest BCUT2D eigenvalue weighted by Crippen LogP contribution is -2.60. The molecule has 6 aliphatic rings. The van der Waals surface area contributed by atoms with E-state index in [0.717, 1.165) is 25.7 Å². The molecule has 0 heterocycles. The zero-order valence-corrected chi connectivity index (χ0v) is 11.9. The lowest BCUT2D eigenvalue weighted by molar-refractivity contribution is -0.193. The van der Waals surface area contributed by atoms with Crippen LogP contribution in [0.2, 0.25) is 0 Å². The van der Waals surface area contributed by atoms with Gasteiger partial charge in [-0.2, -0.15) is 0 Å². The predicted molar refractivity (Wildman–Crippen MR) is 68.3 cm³/mol. The highest BCUT2D eigenvalue weighted by Gasteiger charge is 2.95. The van der Waals surface area contributed by atoms with Crippen LogP contribution in [0.25, 0.3) is 0 Å². The van der Waals surface area contributed by atoms with Crippen LogP contribution in [0.3, 0.4) is 0 Å². The molecule has 0 amide bonds. The van der Waals surface area contributed by atoms with Gasteiger partial charge in [-0.25, -0.2) is 0 Å². The highest BCUT2D eigenvalue weighted by Crippen LogP contribution is 2.92. The zero-order valence-electron chi connectivity index (χ0n) is 11.9. The summed E-state index contributed by atoms with van der Waals surface area (Å²) < 4.78 is 10.5. The molecule has 8 bridgehead atoms. The van der Waals surface area contributed by atoms with Crippen LogP contribution in [0.5, 0.6) is 0 Å². The molecule has 6 rings (SSSR count). The summed E-state index contributed by atoms with van der Waals surface area (Å²) in [6, 6.07) is 0. The highest BCUT2D eigenvalue weighted by molar-refractivity contribution is 5.94. The molecule has 0 aromatic rings. The number of hydrogen-bond acceptors (Lipinski definition) is 4. The van der Waals surface area contributed by atoms with Gasteiger partial charge in [-0.1, -0.05) is 0 Å². The molecule has 0 radical (unpaired) electrons. The lowest BCUT2D eigenvalue weighted by atomic mass is 9.50. The topological polar surface area (TPSA) is 52.6 Å². The summed E-state index contributed by atoms with van der Waals surface area (Å²) in [5.74, 6) is 2.47. The van der Waals surface area contributed by atoms with Crippen molar-refractivity contribution in [2.45, 2.75) is 25.7 Å². The fraction of sp³-hybridized carbons (Fsp3) is 0.875. The highest BCUT2D eigenvalue weighted by atomic mass is 16.5. The number of rotatable bonds is 2. The van der Waals surface area contributed by atoms with E-state index in [1.54, 1.807) is 0 Å². The minimum Gasteiger partial charge on any atom is -0.469 e. The van der Waals surface area contributed by atoms with E-state index in [1.807, 2.05) is 0 Å². The van der Waals surface area contributed by atoms with Crippen LogP contribution in [-0.2, 0) is 19.1 Å². The SMILES string of the molecule is COC(=O)C12[C@H]3CC[C@H]4C3C3[C@@H]1CC[C@@H]3C42C(=O)OC. The van der Waals surface area contributed by atoms with E-state index >= 15 is 0 Å². The Kier molecular flexibility index (Phi) is 1.78. The van der Waals surface area contributed by atoms with Crippen LogP contribution in [-0.4, -0.2) is 26.2 Å². The second kappa shape index (κ2) is 3.07. The zero-order chi connectivity index (χ0) is 13.9. The van der Waals surface area contributed by atoms with E-state index in [4.69, 9.17) is 9.47 Å². The van der Waals surface area contributed by atoms with Crippen molar-refractivity contribution in [2.75, 3.05) is 14.2 Å². The summed E-state index contributed by atoms with van der Waals surface area (Å²) in [5, 5.41) is 0. The molecular weight excluding hydrogens is 256 g/mol. The Morgan fingerprint density at radius 1 is 0.750 bits per heavy atom. The van der Waals surface area contributed by atoms with Crippen molar-refractivity contribution in [3.8, 4) is 0 Å². The average molecular weight is 276 g/mol. The molecule has 20 heavy (non-hydrogen) atoms. The van der Waals surface area contributed by atoms with Crippen molar-refractivity contribution >= 4 is 11.9 Å². The summed E-state index contributed by atoms with van der Waals surface area (Å²) >= 11 is 0. The maximum absolute atomic E-state index is 12.8. The van der Waals surface area contributed by atoms with E-state index in [2.05, 4.69) is 0 Å². The van der Waals surface area contributed by atoms with Crippen LogP contribution < -0.4 is 0 Å². The maximum atomic E-state index is 12.8. The Morgan fingerprint density at radius 2 is 1.05 bits per heavy atom. The van der Waals surface area contributed by atoms with Gasteiger partial charge in [0.25, 0.3) is 0 Å². The second-order valence-electron chi connectivity index (χ2n) is 7.46. The van der Waals surface area contributed by atoms with Gasteiger partial charge in [0.05, 0.1) is 25.0 Å². The molecule has 0 N–H and O–H groups in total. The fourth-order valence-corrected chi connectivity index (χ4v) is 8.30. The minimum atomic E-state index is -0.532. The van der Waals surface area contributed by atoms with Gasteiger partial charge in [0.2, 0.25) is 0 Å². The van der Waals surface area contributed by atoms with Crippen LogP contribution in [0.4, 0.5) is 0 Å². The maximum Gasteiger partial charge on any atom is 0.313 e. The molecule has 4 nitrogen and oxygen atoms in total.